The minimum atomic E-state index is 0.545. The van der Waals surface area contributed by atoms with Crippen molar-refractivity contribution < 1.29 is 0 Å². The minimum absolute atomic E-state index is 0.545. The molecule has 5 rings (SSSR count). The Kier molecular flexibility index (Phi) is 5.14. The molecule has 5 aromatic carbocycles. The number of benzene rings is 5. The standard InChI is InChI=1S/C31H26/c1-22(2)23-13-15-24(16-14-23)28-18-17-26-19-20-29(25-9-5-3-6-10-25)31(30(26)21-28)27-11-7-4-8-12-27/h3-22H,1-2H3. The first-order chi connectivity index (χ1) is 15.2. The van der Waals surface area contributed by atoms with Crippen LogP contribution in [-0.4, -0.2) is 0 Å². The first-order valence-electron chi connectivity index (χ1n) is 11.0. The lowest BCUT2D eigenvalue weighted by atomic mass is 9.88. The summed E-state index contributed by atoms with van der Waals surface area (Å²) in [6.07, 6.45) is 0. The van der Waals surface area contributed by atoms with Gasteiger partial charge in [-0.15, -0.1) is 0 Å². The van der Waals surface area contributed by atoms with Gasteiger partial charge in [0.25, 0.3) is 0 Å². The monoisotopic (exact) mass is 398 g/mol. The number of rotatable bonds is 4. The van der Waals surface area contributed by atoms with Crippen molar-refractivity contribution in [3.63, 3.8) is 0 Å². The van der Waals surface area contributed by atoms with Crippen LogP contribution < -0.4 is 0 Å². The SMILES string of the molecule is CC(C)c1ccc(-c2ccc3ccc(-c4ccccc4)c(-c4ccccc4)c3c2)cc1. The summed E-state index contributed by atoms with van der Waals surface area (Å²) in [6.45, 7) is 4.48. The molecule has 0 bridgehead atoms. The highest BCUT2D eigenvalue weighted by Crippen LogP contribution is 2.39. The quantitative estimate of drug-likeness (QED) is 0.283. The molecule has 0 nitrogen and oxygen atoms in total. The maximum atomic E-state index is 2.36. The topological polar surface area (TPSA) is 0 Å². The highest BCUT2D eigenvalue weighted by molar-refractivity contribution is 6.05. The van der Waals surface area contributed by atoms with E-state index in [9.17, 15) is 0 Å². The van der Waals surface area contributed by atoms with Crippen molar-refractivity contribution in [3.8, 4) is 33.4 Å². The van der Waals surface area contributed by atoms with E-state index in [1.165, 1.54) is 49.7 Å². The molecule has 150 valence electrons. The van der Waals surface area contributed by atoms with Crippen molar-refractivity contribution in [2.24, 2.45) is 0 Å². The molecule has 0 heteroatoms. The van der Waals surface area contributed by atoms with E-state index < -0.39 is 0 Å². The van der Waals surface area contributed by atoms with E-state index in [4.69, 9.17) is 0 Å². The van der Waals surface area contributed by atoms with Gasteiger partial charge in [0.05, 0.1) is 0 Å². The second kappa shape index (κ2) is 8.24. The molecule has 0 aliphatic carbocycles. The predicted molar refractivity (Wildman–Crippen MR) is 134 cm³/mol. The van der Waals surface area contributed by atoms with Crippen LogP contribution in [0.15, 0.2) is 115 Å². The Bertz CT molecular complexity index is 1310. The zero-order valence-electron chi connectivity index (χ0n) is 18.0. The molecule has 0 atom stereocenters. The van der Waals surface area contributed by atoms with Crippen molar-refractivity contribution in [2.45, 2.75) is 19.8 Å². The van der Waals surface area contributed by atoms with E-state index in [1.807, 2.05) is 0 Å². The molecule has 0 saturated heterocycles. The van der Waals surface area contributed by atoms with Crippen LogP contribution in [0.5, 0.6) is 0 Å². The van der Waals surface area contributed by atoms with E-state index in [0.717, 1.165) is 0 Å². The van der Waals surface area contributed by atoms with Gasteiger partial charge in [-0.05, 0) is 61.7 Å². The Hall–Kier alpha value is -3.64. The average molecular weight is 399 g/mol. The van der Waals surface area contributed by atoms with Gasteiger partial charge in [0, 0.05) is 0 Å². The zero-order valence-corrected chi connectivity index (χ0v) is 18.0. The third-order valence-corrected chi connectivity index (χ3v) is 6.08. The maximum Gasteiger partial charge on any atom is -0.00266 e. The van der Waals surface area contributed by atoms with Crippen molar-refractivity contribution in [1.29, 1.82) is 0 Å². The Morgan fingerprint density at radius 3 is 1.71 bits per heavy atom. The van der Waals surface area contributed by atoms with Crippen LogP contribution in [0.4, 0.5) is 0 Å². The predicted octanol–water partition coefficient (Wildman–Crippen LogP) is 8.96. The fourth-order valence-electron chi connectivity index (χ4n) is 4.33. The molecular weight excluding hydrogens is 372 g/mol. The fourth-order valence-corrected chi connectivity index (χ4v) is 4.33. The van der Waals surface area contributed by atoms with Gasteiger partial charge in [0.1, 0.15) is 0 Å². The number of hydrogen-bond acceptors (Lipinski definition) is 0. The molecule has 0 fully saturated rings. The maximum absolute atomic E-state index is 2.36. The van der Waals surface area contributed by atoms with Gasteiger partial charge >= 0.3 is 0 Å². The Morgan fingerprint density at radius 2 is 1.06 bits per heavy atom. The van der Waals surface area contributed by atoms with Crippen LogP contribution in [0.1, 0.15) is 25.3 Å². The molecule has 0 heterocycles. The third-order valence-electron chi connectivity index (χ3n) is 6.08. The molecule has 0 amide bonds. The summed E-state index contributed by atoms with van der Waals surface area (Å²) >= 11 is 0. The summed E-state index contributed by atoms with van der Waals surface area (Å²) in [6, 6.07) is 41.8. The van der Waals surface area contributed by atoms with E-state index in [2.05, 4.69) is 129 Å². The summed E-state index contributed by atoms with van der Waals surface area (Å²) in [4.78, 5) is 0. The van der Waals surface area contributed by atoms with Crippen molar-refractivity contribution >= 4 is 10.8 Å². The Morgan fingerprint density at radius 1 is 0.484 bits per heavy atom. The van der Waals surface area contributed by atoms with E-state index in [-0.39, 0.29) is 0 Å². The van der Waals surface area contributed by atoms with Gasteiger partial charge in [-0.1, -0.05) is 123 Å². The highest BCUT2D eigenvalue weighted by atomic mass is 14.2. The van der Waals surface area contributed by atoms with Crippen molar-refractivity contribution in [3.05, 3.63) is 121 Å². The van der Waals surface area contributed by atoms with Gasteiger partial charge in [-0.3, -0.25) is 0 Å². The fraction of sp³-hybridized carbons (Fsp3) is 0.0968. The lowest BCUT2D eigenvalue weighted by molar-refractivity contribution is 0.867. The lowest BCUT2D eigenvalue weighted by Gasteiger charge is -2.15. The van der Waals surface area contributed by atoms with Crippen LogP contribution >= 0.6 is 0 Å². The Labute approximate surface area is 184 Å². The number of fused-ring (bicyclic) bond motifs is 1. The molecule has 0 aliphatic rings. The van der Waals surface area contributed by atoms with Crippen LogP contribution in [0.2, 0.25) is 0 Å². The van der Waals surface area contributed by atoms with Gasteiger partial charge in [0.15, 0.2) is 0 Å². The van der Waals surface area contributed by atoms with E-state index in [1.54, 1.807) is 0 Å². The molecule has 0 N–H and O–H groups in total. The van der Waals surface area contributed by atoms with Gasteiger partial charge in [-0.25, -0.2) is 0 Å². The molecule has 0 unspecified atom stereocenters. The summed E-state index contributed by atoms with van der Waals surface area (Å²) in [5.41, 5.74) is 8.95. The first kappa shape index (κ1) is 19.3. The van der Waals surface area contributed by atoms with Crippen molar-refractivity contribution in [2.75, 3.05) is 0 Å². The number of hydrogen-bond donors (Lipinski definition) is 0. The summed E-state index contributed by atoms with van der Waals surface area (Å²) < 4.78 is 0. The van der Waals surface area contributed by atoms with Crippen LogP contribution in [0, 0.1) is 0 Å². The summed E-state index contributed by atoms with van der Waals surface area (Å²) in [7, 11) is 0. The Balaban J connectivity index is 1.75. The average Bonchev–Trinajstić information content (AvgIpc) is 2.84. The van der Waals surface area contributed by atoms with E-state index >= 15 is 0 Å². The highest BCUT2D eigenvalue weighted by Gasteiger charge is 2.13. The lowest BCUT2D eigenvalue weighted by Crippen LogP contribution is -1.90. The zero-order chi connectivity index (χ0) is 21.2. The van der Waals surface area contributed by atoms with Crippen LogP contribution in [0.25, 0.3) is 44.2 Å². The third kappa shape index (κ3) is 3.78. The van der Waals surface area contributed by atoms with Gasteiger partial charge in [-0.2, -0.15) is 0 Å². The minimum Gasteiger partial charge on any atom is -0.0622 e. The van der Waals surface area contributed by atoms with Crippen LogP contribution in [0.3, 0.4) is 0 Å². The smallest absolute Gasteiger partial charge is 0.00266 e. The molecule has 0 aliphatic heterocycles. The first-order valence-corrected chi connectivity index (χ1v) is 11.0. The summed E-state index contributed by atoms with van der Waals surface area (Å²) in [5.74, 6) is 0.545. The second-order valence-electron chi connectivity index (χ2n) is 8.43. The van der Waals surface area contributed by atoms with Gasteiger partial charge < -0.3 is 0 Å². The van der Waals surface area contributed by atoms with Crippen molar-refractivity contribution in [1.82, 2.24) is 0 Å². The summed E-state index contributed by atoms with van der Waals surface area (Å²) in [5, 5.41) is 2.55. The molecule has 31 heavy (non-hydrogen) atoms. The largest absolute Gasteiger partial charge is 0.0622 e. The molecule has 0 spiro atoms. The second-order valence-corrected chi connectivity index (χ2v) is 8.43. The normalized spacial score (nSPS) is 11.2. The van der Waals surface area contributed by atoms with Gasteiger partial charge in [0.2, 0.25) is 0 Å². The van der Waals surface area contributed by atoms with Crippen LogP contribution in [-0.2, 0) is 0 Å². The molecule has 5 aromatic rings. The molecular formula is C31H26. The molecule has 0 aromatic heterocycles. The van der Waals surface area contributed by atoms with E-state index in [0.29, 0.717) is 5.92 Å². The molecule has 0 radical (unpaired) electrons. The molecule has 0 saturated carbocycles.